The normalized spacial score (nSPS) is 12.1. The van der Waals surface area contributed by atoms with Gasteiger partial charge in [0.1, 0.15) is 17.6 Å². The molecule has 0 unspecified atom stereocenters. The van der Waals surface area contributed by atoms with Crippen molar-refractivity contribution in [1.29, 1.82) is 0 Å². The molecule has 0 saturated carbocycles. The fraction of sp³-hybridized carbons (Fsp3) is 0.261. The monoisotopic (exact) mass is 420 g/mol. The third-order valence-electron chi connectivity index (χ3n) is 5.00. The molecule has 0 saturated heterocycles. The van der Waals surface area contributed by atoms with Crippen LogP contribution >= 0.6 is 11.3 Å². The average Bonchev–Trinajstić information content (AvgIpc) is 3.37. The topological polar surface area (TPSA) is 69.0 Å². The van der Waals surface area contributed by atoms with Gasteiger partial charge in [0.25, 0.3) is 0 Å². The third-order valence-corrected chi connectivity index (χ3v) is 6.10. The molecule has 0 bridgehead atoms. The van der Waals surface area contributed by atoms with Crippen LogP contribution in [0.25, 0.3) is 10.2 Å². The molecule has 2 heterocycles. The SMILES string of the molecule is COc1ccc([C@H](NC(=O)CCCc2nc3ccccc3s2)c2nccn2C)cc1. The summed E-state index contributed by atoms with van der Waals surface area (Å²) < 4.78 is 8.36. The van der Waals surface area contributed by atoms with Crippen molar-refractivity contribution in [3.63, 3.8) is 0 Å². The van der Waals surface area contributed by atoms with Gasteiger partial charge in [0.2, 0.25) is 5.91 Å². The highest BCUT2D eigenvalue weighted by Gasteiger charge is 2.20. The van der Waals surface area contributed by atoms with Gasteiger partial charge in [-0.25, -0.2) is 9.97 Å². The quantitative estimate of drug-likeness (QED) is 0.462. The van der Waals surface area contributed by atoms with E-state index in [0.717, 1.165) is 40.5 Å². The molecular weight excluding hydrogens is 396 g/mol. The Morgan fingerprint density at radius 3 is 2.70 bits per heavy atom. The number of aromatic nitrogens is 3. The van der Waals surface area contributed by atoms with Crippen LogP contribution < -0.4 is 10.1 Å². The lowest BCUT2D eigenvalue weighted by atomic mass is 10.1. The summed E-state index contributed by atoms with van der Waals surface area (Å²) in [5, 5.41) is 4.22. The van der Waals surface area contributed by atoms with E-state index in [1.807, 2.05) is 60.3 Å². The number of carbonyl (C=O) groups excluding carboxylic acids is 1. The highest BCUT2D eigenvalue weighted by molar-refractivity contribution is 7.18. The van der Waals surface area contributed by atoms with Crippen molar-refractivity contribution in [3.05, 3.63) is 77.3 Å². The van der Waals surface area contributed by atoms with Gasteiger partial charge in [-0.05, 0) is 42.7 Å². The molecule has 1 amide bonds. The molecule has 1 atom stereocenters. The van der Waals surface area contributed by atoms with Gasteiger partial charge in [-0.2, -0.15) is 0 Å². The van der Waals surface area contributed by atoms with Crippen molar-refractivity contribution >= 4 is 27.5 Å². The zero-order valence-corrected chi connectivity index (χ0v) is 17.9. The van der Waals surface area contributed by atoms with Crippen molar-refractivity contribution in [2.75, 3.05) is 7.11 Å². The summed E-state index contributed by atoms with van der Waals surface area (Å²) in [7, 11) is 3.57. The lowest BCUT2D eigenvalue weighted by Gasteiger charge is -2.19. The molecule has 2 aromatic carbocycles. The summed E-state index contributed by atoms with van der Waals surface area (Å²) >= 11 is 1.70. The number of thiazole rings is 1. The summed E-state index contributed by atoms with van der Waals surface area (Å²) in [5.41, 5.74) is 1.99. The van der Waals surface area contributed by atoms with Gasteiger partial charge in [-0.3, -0.25) is 4.79 Å². The van der Waals surface area contributed by atoms with Crippen molar-refractivity contribution in [3.8, 4) is 5.75 Å². The van der Waals surface area contributed by atoms with Crippen LogP contribution in [0, 0.1) is 0 Å². The molecule has 7 heteroatoms. The maximum absolute atomic E-state index is 12.7. The van der Waals surface area contributed by atoms with E-state index >= 15 is 0 Å². The summed E-state index contributed by atoms with van der Waals surface area (Å²) in [4.78, 5) is 21.8. The molecule has 0 aliphatic heterocycles. The number of hydrogen-bond acceptors (Lipinski definition) is 5. The summed E-state index contributed by atoms with van der Waals surface area (Å²) in [6, 6.07) is 15.5. The van der Waals surface area contributed by atoms with Gasteiger partial charge < -0.3 is 14.6 Å². The van der Waals surface area contributed by atoms with E-state index in [4.69, 9.17) is 4.74 Å². The van der Waals surface area contributed by atoms with Crippen molar-refractivity contribution in [1.82, 2.24) is 19.9 Å². The summed E-state index contributed by atoms with van der Waals surface area (Å²) in [5.74, 6) is 1.57. The van der Waals surface area contributed by atoms with E-state index in [9.17, 15) is 4.79 Å². The average molecular weight is 421 g/mol. The highest BCUT2D eigenvalue weighted by Crippen LogP contribution is 2.24. The number of methoxy groups -OCH3 is 1. The number of ether oxygens (including phenoxy) is 1. The number of nitrogens with zero attached hydrogens (tertiary/aromatic N) is 3. The smallest absolute Gasteiger partial charge is 0.220 e. The Morgan fingerprint density at radius 2 is 2.00 bits per heavy atom. The molecule has 6 nitrogen and oxygen atoms in total. The maximum atomic E-state index is 12.7. The van der Waals surface area contributed by atoms with Crippen molar-refractivity contribution < 1.29 is 9.53 Å². The molecule has 0 fully saturated rings. The van der Waals surface area contributed by atoms with Gasteiger partial charge in [0.05, 0.1) is 22.3 Å². The number of carbonyl (C=O) groups is 1. The molecule has 30 heavy (non-hydrogen) atoms. The van der Waals surface area contributed by atoms with Crippen LogP contribution in [-0.2, 0) is 18.3 Å². The predicted molar refractivity (Wildman–Crippen MR) is 119 cm³/mol. The lowest BCUT2D eigenvalue weighted by Crippen LogP contribution is -2.31. The number of hydrogen-bond donors (Lipinski definition) is 1. The first-order valence-corrected chi connectivity index (χ1v) is 10.7. The third kappa shape index (κ3) is 4.52. The predicted octanol–water partition coefficient (Wildman–Crippen LogP) is 4.27. The lowest BCUT2D eigenvalue weighted by molar-refractivity contribution is -0.121. The molecule has 154 valence electrons. The largest absolute Gasteiger partial charge is 0.497 e. The maximum Gasteiger partial charge on any atom is 0.220 e. The molecule has 2 aromatic heterocycles. The Balaban J connectivity index is 1.41. The Labute approximate surface area is 179 Å². The fourth-order valence-corrected chi connectivity index (χ4v) is 4.42. The van der Waals surface area contributed by atoms with E-state index in [1.165, 1.54) is 4.70 Å². The fourth-order valence-electron chi connectivity index (χ4n) is 3.41. The number of fused-ring (bicyclic) bond motifs is 1. The van der Waals surface area contributed by atoms with Gasteiger partial charge in [-0.15, -0.1) is 11.3 Å². The minimum Gasteiger partial charge on any atom is -0.497 e. The molecule has 0 radical (unpaired) electrons. The van der Waals surface area contributed by atoms with E-state index in [1.54, 1.807) is 24.6 Å². The number of amides is 1. The number of nitrogens with one attached hydrogen (secondary N) is 1. The second-order valence-corrected chi connectivity index (χ2v) is 8.21. The number of para-hydroxylation sites is 1. The van der Waals surface area contributed by atoms with Crippen LogP contribution in [0.4, 0.5) is 0 Å². The molecule has 1 N–H and O–H groups in total. The van der Waals surface area contributed by atoms with Crippen LogP contribution in [0.2, 0.25) is 0 Å². The molecular formula is C23H24N4O2S. The zero-order chi connectivity index (χ0) is 20.9. The first kappa shape index (κ1) is 20.1. The first-order chi connectivity index (χ1) is 14.6. The first-order valence-electron chi connectivity index (χ1n) is 9.89. The van der Waals surface area contributed by atoms with Gasteiger partial charge in [0, 0.05) is 25.9 Å². The van der Waals surface area contributed by atoms with Gasteiger partial charge >= 0.3 is 0 Å². The zero-order valence-electron chi connectivity index (χ0n) is 17.0. The van der Waals surface area contributed by atoms with Crippen LogP contribution in [0.15, 0.2) is 60.9 Å². The van der Waals surface area contributed by atoms with Crippen molar-refractivity contribution in [2.24, 2.45) is 7.05 Å². The number of imidazole rings is 1. The van der Waals surface area contributed by atoms with Gasteiger partial charge in [-0.1, -0.05) is 24.3 Å². The van der Waals surface area contributed by atoms with Crippen LogP contribution in [0.3, 0.4) is 0 Å². The minimum absolute atomic E-state index is 0.0000656. The van der Waals surface area contributed by atoms with E-state index in [-0.39, 0.29) is 11.9 Å². The highest BCUT2D eigenvalue weighted by atomic mass is 32.1. The molecule has 4 aromatic rings. The second-order valence-electron chi connectivity index (χ2n) is 7.10. The number of aryl methyl sites for hydroxylation is 2. The van der Waals surface area contributed by atoms with Crippen molar-refractivity contribution in [2.45, 2.75) is 25.3 Å². The Bertz CT molecular complexity index is 1100. The van der Waals surface area contributed by atoms with E-state index < -0.39 is 0 Å². The second kappa shape index (κ2) is 9.09. The van der Waals surface area contributed by atoms with Crippen LogP contribution in [-0.4, -0.2) is 27.6 Å². The molecule has 0 spiro atoms. The summed E-state index contributed by atoms with van der Waals surface area (Å²) in [6.07, 6.45) is 5.60. The minimum atomic E-state index is -0.314. The summed E-state index contributed by atoms with van der Waals surface area (Å²) in [6.45, 7) is 0. The molecule has 0 aliphatic rings. The Kier molecular flexibility index (Phi) is 6.09. The molecule has 0 aliphatic carbocycles. The van der Waals surface area contributed by atoms with E-state index in [2.05, 4.69) is 21.4 Å². The standard InChI is InChI=1S/C23H24N4O2S/c1-27-15-14-24-23(27)22(16-10-12-17(29-2)13-11-16)26-20(28)8-5-9-21-25-18-6-3-4-7-19(18)30-21/h3-4,6-7,10-15,22H,5,8-9H2,1-2H3,(H,26,28)/t22-/m0/s1. The Hall–Kier alpha value is -3.19. The number of benzene rings is 2. The van der Waals surface area contributed by atoms with Crippen LogP contribution in [0.5, 0.6) is 5.75 Å². The number of rotatable bonds is 8. The molecule has 4 rings (SSSR count). The Morgan fingerprint density at radius 1 is 1.20 bits per heavy atom. The van der Waals surface area contributed by atoms with E-state index in [0.29, 0.717) is 6.42 Å². The van der Waals surface area contributed by atoms with Crippen LogP contribution in [0.1, 0.15) is 35.3 Å². The van der Waals surface area contributed by atoms with Gasteiger partial charge in [0.15, 0.2) is 0 Å².